The van der Waals surface area contributed by atoms with Crippen LogP contribution >= 0.6 is 11.3 Å². The zero-order chi connectivity index (χ0) is 25.9. The Morgan fingerprint density at radius 1 is 1.16 bits per heavy atom. The first-order valence-corrected chi connectivity index (χ1v) is 12.7. The summed E-state index contributed by atoms with van der Waals surface area (Å²) >= 11 is 1.50. The molecule has 1 fully saturated rings. The van der Waals surface area contributed by atoms with Gasteiger partial charge in [-0.2, -0.15) is 0 Å². The van der Waals surface area contributed by atoms with Crippen molar-refractivity contribution in [3.05, 3.63) is 71.4 Å². The van der Waals surface area contributed by atoms with Crippen LogP contribution in [0.2, 0.25) is 0 Å². The van der Waals surface area contributed by atoms with Gasteiger partial charge in [0, 0.05) is 28.9 Å². The van der Waals surface area contributed by atoms with Crippen LogP contribution in [0.25, 0.3) is 21.2 Å². The van der Waals surface area contributed by atoms with Crippen molar-refractivity contribution in [2.24, 2.45) is 0 Å². The van der Waals surface area contributed by atoms with E-state index in [0.29, 0.717) is 23.6 Å². The lowest BCUT2D eigenvalue weighted by Crippen LogP contribution is -2.33. The molecule has 5 rings (SSSR count). The Bertz CT molecular complexity index is 1550. The Kier molecular flexibility index (Phi) is 6.66. The molecule has 4 aromatic rings. The molecule has 0 unspecified atom stereocenters. The van der Waals surface area contributed by atoms with Crippen LogP contribution in [0.4, 0.5) is 26.7 Å². The van der Waals surface area contributed by atoms with E-state index in [0.717, 1.165) is 45.3 Å². The van der Waals surface area contributed by atoms with Gasteiger partial charge in [0.25, 0.3) is 0 Å². The summed E-state index contributed by atoms with van der Waals surface area (Å²) in [7, 11) is 0. The maximum absolute atomic E-state index is 12.4. The van der Waals surface area contributed by atoms with Gasteiger partial charge in [0.15, 0.2) is 0 Å². The molecule has 8 nitrogen and oxygen atoms in total. The highest BCUT2D eigenvalue weighted by molar-refractivity contribution is 7.18. The van der Waals surface area contributed by atoms with Gasteiger partial charge in [0.1, 0.15) is 5.69 Å². The number of nitrogens with zero attached hydrogens (tertiary/aromatic N) is 2. The second-order valence-electron chi connectivity index (χ2n) is 8.84. The molecule has 37 heavy (non-hydrogen) atoms. The Morgan fingerprint density at radius 2 is 1.95 bits per heavy atom. The molecule has 1 aliphatic rings. The minimum absolute atomic E-state index is 0.318. The number of aryl methyl sites for hydroxylation is 1. The van der Waals surface area contributed by atoms with Crippen LogP contribution in [-0.2, 0) is 0 Å². The Balaban J connectivity index is 1.36. The number of hydrogen-bond donors (Lipinski definition) is 4. The number of carbonyl (C=O) groups is 2. The standard InChI is InChI=1S/C28H25N5O3S/c1-17-4-2-5-20(14-17)32-27(34)31-19-9-7-18(8-10-19)22-16-37-26-24(30-15-23(29)25(22)26)12-11-21-6-3-13-33(21)28(35)36/h2,4-5,7-10,14-16,21H,3,6,13,29H2,1H3,(H,35,36)(H2,31,32,34)/t21-/m0/s1. The second kappa shape index (κ2) is 10.2. The number of nitrogens with two attached hydrogens (primary N) is 1. The van der Waals surface area contributed by atoms with Crippen molar-refractivity contribution in [2.45, 2.75) is 25.8 Å². The van der Waals surface area contributed by atoms with Gasteiger partial charge in [-0.25, -0.2) is 14.6 Å². The highest BCUT2D eigenvalue weighted by Crippen LogP contribution is 2.38. The van der Waals surface area contributed by atoms with E-state index < -0.39 is 6.09 Å². The monoisotopic (exact) mass is 511 g/mol. The third-order valence-electron chi connectivity index (χ3n) is 6.21. The third kappa shape index (κ3) is 5.20. The fourth-order valence-corrected chi connectivity index (χ4v) is 5.47. The maximum Gasteiger partial charge on any atom is 0.408 e. The molecule has 186 valence electrons. The molecule has 0 radical (unpaired) electrons. The van der Waals surface area contributed by atoms with Crippen molar-refractivity contribution < 1.29 is 14.7 Å². The fraction of sp³-hybridized carbons (Fsp3) is 0.179. The molecule has 2 aromatic heterocycles. The number of nitrogen functional groups attached to an aromatic ring is 1. The lowest BCUT2D eigenvalue weighted by molar-refractivity contribution is 0.148. The molecule has 3 heterocycles. The van der Waals surface area contributed by atoms with Crippen LogP contribution in [0.5, 0.6) is 0 Å². The average molecular weight is 512 g/mol. The molecule has 1 atom stereocenters. The quantitative estimate of drug-likeness (QED) is 0.252. The van der Waals surface area contributed by atoms with E-state index >= 15 is 0 Å². The molecular formula is C28H25N5O3S. The number of pyridine rings is 1. The van der Waals surface area contributed by atoms with E-state index in [4.69, 9.17) is 5.73 Å². The molecule has 0 saturated carbocycles. The molecule has 9 heteroatoms. The van der Waals surface area contributed by atoms with E-state index in [9.17, 15) is 14.7 Å². The first kappa shape index (κ1) is 24.2. The molecular weight excluding hydrogens is 486 g/mol. The predicted octanol–water partition coefficient (Wildman–Crippen LogP) is 5.99. The average Bonchev–Trinajstić information content (AvgIpc) is 3.52. The number of carboxylic acid groups (broad SMARTS) is 1. The number of thiophene rings is 1. The summed E-state index contributed by atoms with van der Waals surface area (Å²) in [6.07, 6.45) is 2.17. The molecule has 1 saturated heterocycles. The number of anilines is 3. The van der Waals surface area contributed by atoms with Gasteiger partial charge >= 0.3 is 12.1 Å². The fourth-order valence-electron chi connectivity index (χ4n) is 4.42. The van der Waals surface area contributed by atoms with Gasteiger partial charge < -0.3 is 21.5 Å². The van der Waals surface area contributed by atoms with Gasteiger partial charge in [-0.1, -0.05) is 30.2 Å². The number of urea groups is 1. The lowest BCUT2D eigenvalue weighted by atomic mass is 10.0. The van der Waals surface area contributed by atoms with E-state index in [1.54, 1.807) is 6.20 Å². The van der Waals surface area contributed by atoms with Gasteiger partial charge in [-0.3, -0.25) is 4.90 Å². The molecule has 1 aliphatic heterocycles. The molecule has 0 spiro atoms. The first-order chi connectivity index (χ1) is 17.9. The Hall–Kier alpha value is -4.55. The maximum atomic E-state index is 12.4. The summed E-state index contributed by atoms with van der Waals surface area (Å²) in [6, 6.07) is 14.5. The van der Waals surface area contributed by atoms with Crippen molar-refractivity contribution in [1.29, 1.82) is 0 Å². The van der Waals surface area contributed by atoms with Gasteiger partial charge in [0.2, 0.25) is 0 Å². The smallest absolute Gasteiger partial charge is 0.408 e. The number of hydrogen-bond acceptors (Lipinski definition) is 5. The van der Waals surface area contributed by atoms with E-state index in [1.165, 1.54) is 16.2 Å². The molecule has 0 bridgehead atoms. The number of fused-ring (bicyclic) bond motifs is 1. The van der Waals surface area contributed by atoms with E-state index in [-0.39, 0.29) is 12.1 Å². The Labute approximate surface area is 218 Å². The third-order valence-corrected chi connectivity index (χ3v) is 7.20. The number of benzene rings is 2. The number of aromatic nitrogens is 1. The Morgan fingerprint density at radius 3 is 2.70 bits per heavy atom. The minimum atomic E-state index is -0.948. The molecule has 3 amide bonds. The van der Waals surface area contributed by atoms with E-state index in [2.05, 4.69) is 27.5 Å². The summed E-state index contributed by atoms with van der Waals surface area (Å²) in [4.78, 5) is 29.6. The van der Waals surface area contributed by atoms with Gasteiger partial charge in [0.05, 0.1) is 22.6 Å². The minimum Gasteiger partial charge on any atom is -0.465 e. The van der Waals surface area contributed by atoms with Crippen LogP contribution in [0.15, 0.2) is 60.1 Å². The number of nitrogens with one attached hydrogen (secondary N) is 2. The topological polar surface area (TPSA) is 121 Å². The number of carbonyl (C=O) groups excluding carboxylic acids is 1. The van der Waals surface area contributed by atoms with Crippen LogP contribution in [0.1, 0.15) is 24.1 Å². The van der Waals surface area contributed by atoms with Crippen LogP contribution in [0, 0.1) is 18.8 Å². The number of amides is 3. The zero-order valence-corrected chi connectivity index (χ0v) is 20.9. The van der Waals surface area contributed by atoms with Crippen molar-refractivity contribution in [2.75, 3.05) is 22.9 Å². The van der Waals surface area contributed by atoms with Crippen molar-refractivity contribution in [1.82, 2.24) is 9.88 Å². The largest absolute Gasteiger partial charge is 0.465 e. The van der Waals surface area contributed by atoms with Crippen molar-refractivity contribution in [3.63, 3.8) is 0 Å². The highest BCUT2D eigenvalue weighted by Gasteiger charge is 2.26. The SMILES string of the molecule is Cc1cccc(NC(=O)Nc2ccc(-c3csc4c(C#C[C@@H]5CCCN5C(=O)O)ncc(N)c34)cc2)c1. The number of rotatable bonds is 3. The molecule has 2 aromatic carbocycles. The molecule has 0 aliphatic carbocycles. The summed E-state index contributed by atoms with van der Waals surface area (Å²) in [5.41, 5.74) is 11.8. The highest BCUT2D eigenvalue weighted by atomic mass is 32.1. The normalized spacial score (nSPS) is 14.7. The van der Waals surface area contributed by atoms with Gasteiger partial charge in [-0.05, 0) is 66.5 Å². The van der Waals surface area contributed by atoms with Crippen LogP contribution < -0.4 is 16.4 Å². The molecule has 5 N–H and O–H groups in total. The second-order valence-corrected chi connectivity index (χ2v) is 9.72. The van der Waals surface area contributed by atoms with Crippen LogP contribution in [0.3, 0.4) is 0 Å². The van der Waals surface area contributed by atoms with Crippen molar-refractivity contribution >= 4 is 50.6 Å². The summed E-state index contributed by atoms with van der Waals surface area (Å²) in [6.45, 7) is 2.47. The van der Waals surface area contributed by atoms with Crippen LogP contribution in [-0.4, -0.2) is 39.7 Å². The van der Waals surface area contributed by atoms with Gasteiger partial charge in [-0.15, -0.1) is 11.3 Å². The summed E-state index contributed by atoms with van der Waals surface area (Å²) in [5.74, 6) is 6.18. The predicted molar refractivity (Wildman–Crippen MR) is 148 cm³/mol. The summed E-state index contributed by atoms with van der Waals surface area (Å²) < 4.78 is 0.863. The number of likely N-dealkylation sites (tertiary alicyclic amines) is 1. The van der Waals surface area contributed by atoms with Crippen molar-refractivity contribution in [3.8, 4) is 23.0 Å². The lowest BCUT2D eigenvalue weighted by Gasteiger charge is -2.15. The zero-order valence-electron chi connectivity index (χ0n) is 20.1. The summed E-state index contributed by atoms with van der Waals surface area (Å²) in [5, 5.41) is 17.9. The first-order valence-electron chi connectivity index (χ1n) is 11.8. The van der Waals surface area contributed by atoms with E-state index in [1.807, 2.05) is 60.8 Å².